The van der Waals surface area contributed by atoms with E-state index in [0.29, 0.717) is 17.9 Å². The standard InChI is InChI=1S/C16H14N4O2/c1-2-3-8-22-16(21)12-4-6-14(7-5-12)20-15(11-19)13(9-17)10-18/h4-7,20H,2-3,8H2,1H3. The van der Waals surface area contributed by atoms with Crippen LogP contribution in [0.5, 0.6) is 0 Å². The van der Waals surface area contributed by atoms with Crippen molar-refractivity contribution in [1.29, 1.82) is 15.8 Å². The lowest BCUT2D eigenvalue weighted by Crippen LogP contribution is -2.06. The molecule has 0 saturated carbocycles. The Labute approximate surface area is 128 Å². The van der Waals surface area contributed by atoms with Gasteiger partial charge >= 0.3 is 5.97 Å². The van der Waals surface area contributed by atoms with Gasteiger partial charge in [-0.15, -0.1) is 0 Å². The van der Waals surface area contributed by atoms with E-state index in [1.165, 1.54) is 0 Å². The van der Waals surface area contributed by atoms with Crippen LogP contribution in [0.2, 0.25) is 0 Å². The van der Waals surface area contributed by atoms with Crippen molar-refractivity contribution in [3.63, 3.8) is 0 Å². The van der Waals surface area contributed by atoms with Crippen LogP contribution >= 0.6 is 0 Å². The summed E-state index contributed by atoms with van der Waals surface area (Å²) in [5.41, 5.74) is 0.448. The number of anilines is 1. The highest BCUT2D eigenvalue weighted by atomic mass is 16.5. The SMILES string of the molecule is CCCCOC(=O)c1ccc(NC(C#N)=C(C#N)C#N)cc1. The summed E-state index contributed by atoms with van der Waals surface area (Å²) in [6.45, 7) is 2.38. The third-order valence-electron chi connectivity index (χ3n) is 2.71. The van der Waals surface area contributed by atoms with Crippen LogP contribution in [0.4, 0.5) is 5.69 Å². The largest absolute Gasteiger partial charge is 0.462 e. The average molecular weight is 294 g/mol. The second kappa shape index (κ2) is 8.79. The van der Waals surface area contributed by atoms with E-state index in [0.717, 1.165) is 12.8 Å². The Kier molecular flexibility index (Phi) is 6.69. The number of carbonyl (C=O) groups excluding carboxylic acids is 1. The van der Waals surface area contributed by atoms with Crippen molar-refractivity contribution in [1.82, 2.24) is 0 Å². The third-order valence-corrected chi connectivity index (χ3v) is 2.71. The van der Waals surface area contributed by atoms with Gasteiger partial charge in [0, 0.05) is 5.69 Å². The van der Waals surface area contributed by atoms with Crippen molar-refractivity contribution in [3.8, 4) is 18.2 Å². The minimum absolute atomic E-state index is 0.136. The van der Waals surface area contributed by atoms with Crippen LogP contribution in [0, 0.1) is 34.0 Å². The fourth-order valence-electron chi connectivity index (χ4n) is 1.51. The zero-order chi connectivity index (χ0) is 16.4. The molecule has 110 valence electrons. The number of allylic oxidation sites excluding steroid dienone is 2. The second-order valence-corrected chi connectivity index (χ2v) is 4.28. The highest BCUT2D eigenvalue weighted by molar-refractivity contribution is 5.89. The maximum Gasteiger partial charge on any atom is 0.338 e. The van der Waals surface area contributed by atoms with Gasteiger partial charge in [0.15, 0.2) is 5.57 Å². The maximum absolute atomic E-state index is 11.7. The Morgan fingerprint density at radius 2 is 1.77 bits per heavy atom. The van der Waals surface area contributed by atoms with Gasteiger partial charge in [-0.2, -0.15) is 15.8 Å². The average Bonchev–Trinajstić information content (AvgIpc) is 2.55. The van der Waals surface area contributed by atoms with Gasteiger partial charge in [0.25, 0.3) is 0 Å². The third kappa shape index (κ3) is 4.67. The first-order valence-corrected chi connectivity index (χ1v) is 6.65. The molecule has 1 N–H and O–H groups in total. The minimum atomic E-state index is -0.411. The van der Waals surface area contributed by atoms with Gasteiger partial charge < -0.3 is 10.1 Å². The Bertz CT molecular complexity index is 669. The number of unbranched alkanes of at least 4 members (excludes halogenated alkanes) is 1. The van der Waals surface area contributed by atoms with Gasteiger partial charge in [-0.05, 0) is 30.7 Å². The van der Waals surface area contributed by atoms with E-state index >= 15 is 0 Å². The van der Waals surface area contributed by atoms with E-state index in [9.17, 15) is 4.79 Å². The highest BCUT2D eigenvalue weighted by Gasteiger charge is 2.09. The maximum atomic E-state index is 11.7. The van der Waals surface area contributed by atoms with Crippen molar-refractivity contribution in [2.24, 2.45) is 0 Å². The summed E-state index contributed by atoms with van der Waals surface area (Å²) >= 11 is 0. The summed E-state index contributed by atoms with van der Waals surface area (Å²) in [5.74, 6) is -0.411. The molecule has 0 amide bonds. The van der Waals surface area contributed by atoms with E-state index in [-0.39, 0.29) is 11.3 Å². The molecule has 0 aliphatic rings. The number of esters is 1. The van der Waals surface area contributed by atoms with Crippen molar-refractivity contribution in [2.75, 3.05) is 11.9 Å². The molecular weight excluding hydrogens is 280 g/mol. The van der Waals surface area contributed by atoms with Crippen LogP contribution in [0.25, 0.3) is 0 Å². The first-order valence-electron chi connectivity index (χ1n) is 6.65. The van der Waals surface area contributed by atoms with E-state index in [4.69, 9.17) is 20.5 Å². The van der Waals surface area contributed by atoms with Crippen LogP contribution in [-0.4, -0.2) is 12.6 Å². The molecule has 0 radical (unpaired) electrons. The van der Waals surface area contributed by atoms with E-state index in [2.05, 4.69) is 5.32 Å². The molecule has 0 atom stereocenters. The number of carbonyl (C=O) groups is 1. The molecule has 1 aromatic carbocycles. The van der Waals surface area contributed by atoms with Gasteiger partial charge in [-0.3, -0.25) is 0 Å². The zero-order valence-electron chi connectivity index (χ0n) is 12.1. The summed E-state index contributed by atoms with van der Waals surface area (Å²) in [6.07, 6.45) is 1.76. The number of hydrogen-bond acceptors (Lipinski definition) is 6. The summed E-state index contributed by atoms with van der Waals surface area (Å²) in [5, 5.41) is 29.1. The van der Waals surface area contributed by atoms with Crippen LogP contribution in [-0.2, 0) is 4.74 Å². The molecule has 0 spiro atoms. The van der Waals surface area contributed by atoms with Crippen LogP contribution in [0.1, 0.15) is 30.1 Å². The Hall–Kier alpha value is -3.30. The van der Waals surface area contributed by atoms with Gasteiger partial charge in [0.1, 0.15) is 23.9 Å². The molecule has 0 heterocycles. The summed E-state index contributed by atoms with van der Waals surface area (Å²) < 4.78 is 5.08. The molecule has 0 unspecified atom stereocenters. The minimum Gasteiger partial charge on any atom is -0.462 e. The molecule has 0 aliphatic carbocycles. The highest BCUT2D eigenvalue weighted by Crippen LogP contribution is 2.14. The van der Waals surface area contributed by atoms with E-state index in [1.54, 1.807) is 42.5 Å². The van der Waals surface area contributed by atoms with Gasteiger partial charge in [0.2, 0.25) is 0 Å². The number of hydrogen-bond donors (Lipinski definition) is 1. The predicted octanol–water partition coefficient (Wildman–Crippen LogP) is 2.88. The van der Waals surface area contributed by atoms with Crippen molar-refractivity contribution >= 4 is 11.7 Å². The van der Waals surface area contributed by atoms with Crippen molar-refractivity contribution in [3.05, 3.63) is 41.1 Å². The molecular formula is C16H14N4O2. The van der Waals surface area contributed by atoms with Gasteiger partial charge in [0.05, 0.1) is 12.2 Å². The monoisotopic (exact) mass is 294 g/mol. The Morgan fingerprint density at radius 3 is 2.27 bits per heavy atom. The smallest absolute Gasteiger partial charge is 0.338 e. The van der Waals surface area contributed by atoms with Crippen molar-refractivity contribution < 1.29 is 9.53 Å². The van der Waals surface area contributed by atoms with Crippen molar-refractivity contribution in [2.45, 2.75) is 19.8 Å². The molecule has 0 aliphatic heterocycles. The molecule has 0 bridgehead atoms. The first-order chi connectivity index (χ1) is 10.7. The number of rotatable bonds is 6. The van der Waals surface area contributed by atoms with Crippen LogP contribution in [0.15, 0.2) is 35.5 Å². The molecule has 1 rings (SSSR count). The number of nitrogens with zero attached hydrogens (tertiary/aromatic N) is 3. The number of ether oxygens (including phenoxy) is 1. The van der Waals surface area contributed by atoms with Crippen LogP contribution < -0.4 is 5.32 Å². The first kappa shape index (κ1) is 16.8. The fourth-order valence-corrected chi connectivity index (χ4v) is 1.51. The predicted molar refractivity (Wildman–Crippen MR) is 79.1 cm³/mol. The quantitative estimate of drug-likeness (QED) is 0.490. The number of nitrogens with one attached hydrogen (secondary N) is 1. The van der Waals surface area contributed by atoms with E-state index in [1.807, 2.05) is 6.92 Å². The fraction of sp³-hybridized carbons (Fsp3) is 0.250. The second-order valence-electron chi connectivity index (χ2n) is 4.28. The molecule has 6 heteroatoms. The van der Waals surface area contributed by atoms with Gasteiger partial charge in [-0.1, -0.05) is 13.3 Å². The zero-order valence-corrected chi connectivity index (χ0v) is 12.1. The lowest BCUT2D eigenvalue weighted by Gasteiger charge is -2.07. The lowest BCUT2D eigenvalue weighted by atomic mass is 10.2. The Morgan fingerprint density at radius 1 is 1.14 bits per heavy atom. The molecule has 1 aromatic rings. The number of benzene rings is 1. The van der Waals surface area contributed by atoms with Gasteiger partial charge in [-0.25, -0.2) is 4.79 Å². The molecule has 0 fully saturated rings. The normalized spacial score (nSPS) is 8.82. The lowest BCUT2D eigenvalue weighted by molar-refractivity contribution is 0.0500. The molecule has 0 aromatic heterocycles. The molecule has 6 nitrogen and oxygen atoms in total. The summed E-state index contributed by atoms with van der Waals surface area (Å²) in [6, 6.07) is 11.3. The Balaban J connectivity index is 2.80. The topological polar surface area (TPSA) is 110 Å². The number of nitriles is 3. The molecule has 22 heavy (non-hydrogen) atoms. The molecule has 0 saturated heterocycles. The summed E-state index contributed by atoms with van der Waals surface area (Å²) in [4.78, 5) is 11.7. The van der Waals surface area contributed by atoms with Crippen LogP contribution in [0.3, 0.4) is 0 Å². The summed E-state index contributed by atoms with van der Waals surface area (Å²) in [7, 11) is 0. The van der Waals surface area contributed by atoms with E-state index < -0.39 is 5.97 Å².